The number of carbonyl (C=O) groups is 1. The highest BCUT2D eigenvalue weighted by atomic mass is 32.2. The van der Waals surface area contributed by atoms with E-state index in [-0.39, 0.29) is 5.97 Å². The van der Waals surface area contributed by atoms with Crippen LogP contribution in [0.1, 0.15) is 23.0 Å². The molecule has 0 saturated heterocycles. The minimum absolute atomic E-state index is 0.319. The third-order valence-electron chi connectivity index (χ3n) is 3.28. The summed E-state index contributed by atoms with van der Waals surface area (Å²) >= 11 is 2.92. The molecule has 0 unspecified atom stereocenters. The Balaban J connectivity index is 1.80. The third-order valence-corrected chi connectivity index (χ3v) is 5.29. The van der Waals surface area contributed by atoms with Crippen LogP contribution < -0.4 is 5.32 Å². The number of hydrogen-bond donors (Lipinski definition) is 1. The van der Waals surface area contributed by atoms with Crippen LogP contribution in [-0.2, 0) is 10.5 Å². The number of rotatable bonds is 8. The summed E-state index contributed by atoms with van der Waals surface area (Å²) in [5, 5.41) is 12.8. The van der Waals surface area contributed by atoms with Gasteiger partial charge in [0.2, 0.25) is 5.13 Å². The molecule has 0 amide bonds. The number of nitrogens with one attached hydrogen (secondary N) is 1. The molecule has 0 bridgehead atoms. The summed E-state index contributed by atoms with van der Waals surface area (Å²) in [6.07, 6.45) is 1.76. The first-order chi connectivity index (χ1) is 12.2. The van der Waals surface area contributed by atoms with Gasteiger partial charge in [-0.3, -0.25) is 0 Å². The molecule has 3 aromatic rings. The van der Waals surface area contributed by atoms with E-state index in [0.29, 0.717) is 35.8 Å². The minimum atomic E-state index is -0.367. The molecule has 8 heteroatoms. The first kappa shape index (κ1) is 17.5. The van der Waals surface area contributed by atoms with Crippen LogP contribution in [0.5, 0.6) is 0 Å². The van der Waals surface area contributed by atoms with Gasteiger partial charge in [-0.1, -0.05) is 47.4 Å². The zero-order chi connectivity index (χ0) is 17.6. The van der Waals surface area contributed by atoms with Crippen molar-refractivity contribution in [3.8, 4) is 0 Å². The number of para-hydroxylation sites is 1. The summed E-state index contributed by atoms with van der Waals surface area (Å²) in [7, 11) is 0. The van der Waals surface area contributed by atoms with Crippen LogP contribution in [0.15, 0.2) is 45.7 Å². The average Bonchev–Trinajstić information content (AvgIpc) is 3.22. The third kappa shape index (κ3) is 4.02. The van der Waals surface area contributed by atoms with E-state index in [1.54, 1.807) is 13.0 Å². The highest BCUT2D eigenvalue weighted by Gasteiger charge is 2.22. The zero-order valence-corrected chi connectivity index (χ0v) is 15.3. The minimum Gasteiger partial charge on any atom is -0.462 e. The Bertz CT molecular complexity index is 888. The fourth-order valence-corrected chi connectivity index (χ4v) is 3.94. The normalized spacial score (nSPS) is 10.8. The van der Waals surface area contributed by atoms with E-state index in [9.17, 15) is 4.79 Å². The number of ether oxygens (including phenoxy) is 1. The SMILES string of the molecule is C=CCNc1nnc(SCc2oc3ccccc3c2C(=O)OCC)s1. The lowest BCUT2D eigenvalue weighted by molar-refractivity contribution is 0.0526. The number of esters is 1. The van der Waals surface area contributed by atoms with Crippen LogP contribution in [0.2, 0.25) is 0 Å². The Morgan fingerprint density at radius 1 is 1.44 bits per heavy atom. The van der Waals surface area contributed by atoms with Gasteiger partial charge in [0.25, 0.3) is 0 Å². The molecule has 0 radical (unpaired) electrons. The van der Waals surface area contributed by atoms with Crippen molar-refractivity contribution in [2.45, 2.75) is 17.0 Å². The van der Waals surface area contributed by atoms with Gasteiger partial charge in [0.15, 0.2) is 4.34 Å². The number of benzene rings is 1. The summed E-state index contributed by atoms with van der Waals surface area (Å²) in [6.45, 7) is 6.39. The molecule has 0 fully saturated rings. The molecule has 1 N–H and O–H groups in total. The van der Waals surface area contributed by atoms with Gasteiger partial charge in [-0.05, 0) is 13.0 Å². The molecule has 25 heavy (non-hydrogen) atoms. The summed E-state index contributed by atoms with van der Waals surface area (Å²) < 4.78 is 11.8. The van der Waals surface area contributed by atoms with Gasteiger partial charge in [0.05, 0.1) is 12.4 Å². The fraction of sp³-hybridized carbons (Fsp3) is 0.235. The van der Waals surface area contributed by atoms with E-state index < -0.39 is 0 Å². The van der Waals surface area contributed by atoms with Gasteiger partial charge in [0, 0.05) is 11.9 Å². The molecule has 0 spiro atoms. The van der Waals surface area contributed by atoms with Crippen molar-refractivity contribution >= 4 is 45.2 Å². The Hall–Kier alpha value is -2.32. The molecule has 0 aliphatic carbocycles. The van der Waals surface area contributed by atoms with E-state index in [2.05, 4.69) is 22.1 Å². The second kappa shape index (κ2) is 8.17. The number of thioether (sulfide) groups is 1. The van der Waals surface area contributed by atoms with Crippen LogP contribution in [0.4, 0.5) is 5.13 Å². The molecule has 0 atom stereocenters. The van der Waals surface area contributed by atoms with Crippen LogP contribution in [0.25, 0.3) is 11.0 Å². The zero-order valence-electron chi connectivity index (χ0n) is 13.7. The van der Waals surface area contributed by atoms with Crippen molar-refractivity contribution in [1.29, 1.82) is 0 Å². The average molecular weight is 375 g/mol. The Morgan fingerprint density at radius 3 is 3.08 bits per heavy atom. The monoisotopic (exact) mass is 375 g/mol. The molecule has 1 aromatic carbocycles. The van der Waals surface area contributed by atoms with Crippen molar-refractivity contribution in [2.75, 3.05) is 18.5 Å². The molecule has 6 nitrogen and oxygen atoms in total. The summed E-state index contributed by atoms with van der Waals surface area (Å²) in [5.41, 5.74) is 1.16. The molecule has 0 aliphatic rings. The second-order valence-corrected chi connectivity index (χ2v) is 7.15. The smallest absolute Gasteiger partial charge is 0.342 e. The van der Waals surface area contributed by atoms with E-state index in [1.165, 1.54) is 23.1 Å². The molecule has 0 saturated carbocycles. The fourth-order valence-electron chi connectivity index (χ4n) is 2.25. The number of anilines is 1. The van der Waals surface area contributed by atoms with E-state index in [4.69, 9.17) is 9.15 Å². The maximum absolute atomic E-state index is 12.3. The number of fused-ring (bicyclic) bond motifs is 1. The van der Waals surface area contributed by atoms with Gasteiger partial charge >= 0.3 is 5.97 Å². The summed E-state index contributed by atoms with van der Waals surface area (Å²) in [4.78, 5) is 12.3. The Morgan fingerprint density at radius 2 is 2.28 bits per heavy atom. The summed E-state index contributed by atoms with van der Waals surface area (Å²) in [6, 6.07) is 7.45. The molecular weight excluding hydrogens is 358 g/mol. The predicted molar refractivity (Wildman–Crippen MR) is 100 cm³/mol. The molecule has 0 aliphatic heterocycles. The van der Waals surface area contributed by atoms with E-state index in [0.717, 1.165) is 14.9 Å². The Kier molecular flexibility index (Phi) is 5.72. The molecule has 2 heterocycles. The number of hydrogen-bond acceptors (Lipinski definition) is 8. The molecule has 130 valence electrons. The van der Waals surface area contributed by atoms with Crippen LogP contribution >= 0.6 is 23.1 Å². The lowest BCUT2D eigenvalue weighted by Crippen LogP contribution is -2.06. The van der Waals surface area contributed by atoms with Crippen molar-refractivity contribution in [3.63, 3.8) is 0 Å². The van der Waals surface area contributed by atoms with E-state index >= 15 is 0 Å². The lowest BCUT2D eigenvalue weighted by Gasteiger charge is -2.02. The standard InChI is InChI=1S/C17H17N3O3S2/c1-3-9-18-16-19-20-17(25-16)24-10-13-14(15(21)22-4-2)11-7-5-6-8-12(11)23-13/h3,5-8H,1,4,9-10H2,2H3,(H,18,19). The van der Waals surface area contributed by atoms with Gasteiger partial charge in [0.1, 0.15) is 16.9 Å². The predicted octanol–water partition coefficient (Wildman–Crippen LogP) is 4.35. The van der Waals surface area contributed by atoms with Gasteiger partial charge in [-0.25, -0.2) is 4.79 Å². The highest BCUT2D eigenvalue weighted by molar-refractivity contribution is 8.00. The second-order valence-electron chi connectivity index (χ2n) is 4.95. The van der Waals surface area contributed by atoms with Crippen molar-refractivity contribution in [1.82, 2.24) is 10.2 Å². The van der Waals surface area contributed by atoms with Crippen LogP contribution in [0, 0.1) is 0 Å². The van der Waals surface area contributed by atoms with Gasteiger partial charge in [-0.2, -0.15) is 0 Å². The number of furan rings is 1. The number of nitrogens with zero attached hydrogens (tertiary/aromatic N) is 2. The maximum atomic E-state index is 12.3. The van der Waals surface area contributed by atoms with E-state index in [1.807, 2.05) is 24.3 Å². The lowest BCUT2D eigenvalue weighted by atomic mass is 10.1. The van der Waals surface area contributed by atoms with Gasteiger partial charge in [-0.15, -0.1) is 16.8 Å². The first-order valence-corrected chi connectivity index (χ1v) is 9.51. The summed E-state index contributed by atoms with van der Waals surface area (Å²) in [5.74, 6) is 0.688. The van der Waals surface area contributed by atoms with Gasteiger partial charge < -0.3 is 14.5 Å². The maximum Gasteiger partial charge on any atom is 0.342 e. The molecular formula is C17H17N3O3S2. The quantitative estimate of drug-likeness (QED) is 0.356. The van der Waals surface area contributed by atoms with Crippen molar-refractivity contribution in [2.24, 2.45) is 0 Å². The van der Waals surface area contributed by atoms with Crippen LogP contribution in [-0.4, -0.2) is 29.3 Å². The molecule has 2 aromatic heterocycles. The Labute approximate surface area is 153 Å². The van der Waals surface area contributed by atoms with Crippen LogP contribution in [0.3, 0.4) is 0 Å². The highest BCUT2D eigenvalue weighted by Crippen LogP contribution is 2.33. The largest absolute Gasteiger partial charge is 0.462 e. The first-order valence-electron chi connectivity index (χ1n) is 7.71. The van der Waals surface area contributed by atoms with Crippen molar-refractivity contribution < 1.29 is 13.9 Å². The number of aromatic nitrogens is 2. The number of carbonyl (C=O) groups excluding carboxylic acids is 1. The molecule has 3 rings (SSSR count). The topological polar surface area (TPSA) is 77.3 Å². The van der Waals surface area contributed by atoms with Crippen molar-refractivity contribution in [3.05, 3.63) is 48.2 Å².